The zero-order valence-corrected chi connectivity index (χ0v) is 17.7. The van der Waals surface area contributed by atoms with Gasteiger partial charge in [-0.2, -0.15) is 4.31 Å². The molecule has 29 heavy (non-hydrogen) atoms. The van der Waals surface area contributed by atoms with Crippen molar-refractivity contribution in [3.8, 4) is 0 Å². The third kappa shape index (κ3) is 4.85. The van der Waals surface area contributed by atoms with Crippen LogP contribution in [0.3, 0.4) is 0 Å². The average molecular weight is 419 g/mol. The summed E-state index contributed by atoms with van der Waals surface area (Å²) in [7, 11) is -1.96. The molecule has 2 aromatic rings. The summed E-state index contributed by atoms with van der Waals surface area (Å²) in [5.74, 6) is -0.615. The van der Waals surface area contributed by atoms with Crippen molar-refractivity contribution in [2.75, 3.05) is 20.1 Å². The maximum Gasteiger partial charge on any atom is 0.254 e. The molecule has 1 saturated heterocycles. The largest absolute Gasteiger partial charge is 0.335 e. The van der Waals surface area contributed by atoms with Gasteiger partial charge in [0.2, 0.25) is 10.0 Å². The number of nitrogens with zero attached hydrogens (tertiary/aromatic N) is 2. The van der Waals surface area contributed by atoms with Crippen LogP contribution in [0, 0.1) is 5.82 Å². The number of halogens is 1. The standard InChI is InChI=1S/C22H27FN2O3S/c1-17(18-10-12-20(23)13-11-18)24(2)22(26)19-8-7-9-21(16-19)29(27,28)25-14-5-3-4-6-15-25/h7-13,16-17H,3-6,14-15H2,1-2H3. The maximum absolute atomic E-state index is 13.2. The molecule has 0 aromatic heterocycles. The van der Waals surface area contributed by atoms with Crippen LogP contribution in [-0.2, 0) is 10.0 Å². The quantitative estimate of drug-likeness (QED) is 0.730. The molecule has 1 fully saturated rings. The van der Waals surface area contributed by atoms with E-state index in [1.807, 2.05) is 6.92 Å². The molecule has 1 atom stereocenters. The van der Waals surface area contributed by atoms with E-state index in [0.29, 0.717) is 18.7 Å². The molecule has 7 heteroatoms. The topological polar surface area (TPSA) is 57.7 Å². The molecule has 0 aliphatic carbocycles. The molecule has 156 valence electrons. The number of rotatable bonds is 5. The van der Waals surface area contributed by atoms with Crippen molar-refractivity contribution < 1.29 is 17.6 Å². The predicted octanol–water partition coefficient (Wildman–Crippen LogP) is 4.22. The molecule has 5 nitrogen and oxygen atoms in total. The van der Waals surface area contributed by atoms with E-state index < -0.39 is 10.0 Å². The van der Waals surface area contributed by atoms with Gasteiger partial charge in [0.05, 0.1) is 10.9 Å². The second-order valence-electron chi connectivity index (χ2n) is 7.49. The number of sulfonamides is 1. The van der Waals surface area contributed by atoms with Crippen molar-refractivity contribution in [1.82, 2.24) is 9.21 Å². The van der Waals surface area contributed by atoms with Crippen molar-refractivity contribution >= 4 is 15.9 Å². The molecular formula is C22H27FN2O3S. The van der Waals surface area contributed by atoms with Gasteiger partial charge in [-0.25, -0.2) is 12.8 Å². The fraction of sp³-hybridized carbons (Fsp3) is 0.409. The van der Waals surface area contributed by atoms with Crippen molar-refractivity contribution in [2.24, 2.45) is 0 Å². The molecule has 1 unspecified atom stereocenters. The normalized spacial score (nSPS) is 16.8. The number of amides is 1. The number of benzene rings is 2. The van der Waals surface area contributed by atoms with Crippen molar-refractivity contribution in [3.05, 3.63) is 65.5 Å². The van der Waals surface area contributed by atoms with Crippen LogP contribution in [-0.4, -0.2) is 43.7 Å². The highest BCUT2D eigenvalue weighted by atomic mass is 32.2. The van der Waals surface area contributed by atoms with E-state index in [1.54, 1.807) is 37.4 Å². The van der Waals surface area contributed by atoms with Gasteiger partial charge in [-0.15, -0.1) is 0 Å². The van der Waals surface area contributed by atoms with Gasteiger partial charge in [-0.1, -0.05) is 31.0 Å². The van der Waals surface area contributed by atoms with E-state index in [9.17, 15) is 17.6 Å². The average Bonchev–Trinajstić information content (AvgIpc) is 3.03. The lowest BCUT2D eigenvalue weighted by Crippen LogP contribution is -2.32. The van der Waals surface area contributed by atoms with Crippen molar-refractivity contribution in [1.29, 1.82) is 0 Å². The zero-order chi connectivity index (χ0) is 21.0. The first kappa shape index (κ1) is 21.5. The van der Waals surface area contributed by atoms with E-state index in [0.717, 1.165) is 31.2 Å². The van der Waals surface area contributed by atoms with Crippen LogP contribution in [0.4, 0.5) is 4.39 Å². The minimum Gasteiger partial charge on any atom is -0.335 e. The summed E-state index contributed by atoms with van der Waals surface area (Å²) in [5, 5.41) is 0. The van der Waals surface area contributed by atoms with E-state index in [4.69, 9.17) is 0 Å². The number of carbonyl (C=O) groups excluding carboxylic acids is 1. The van der Waals surface area contributed by atoms with Gasteiger partial charge < -0.3 is 4.90 Å². The van der Waals surface area contributed by atoms with E-state index in [2.05, 4.69) is 0 Å². The SMILES string of the molecule is CC(c1ccc(F)cc1)N(C)C(=O)c1cccc(S(=O)(=O)N2CCCCCC2)c1. The Bertz CT molecular complexity index is 952. The van der Waals surface area contributed by atoms with Gasteiger partial charge in [0.25, 0.3) is 5.91 Å². The molecule has 0 N–H and O–H groups in total. The smallest absolute Gasteiger partial charge is 0.254 e. The highest BCUT2D eigenvalue weighted by Crippen LogP contribution is 2.24. The molecule has 3 rings (SSSR count). The Morgan fingerprint density at radius 1 is 1.03 bits per heavy atom. The fourth-order valence-corrected chi connectivity index (χ4v) is 5.13. The summed E-state index contributed by atoms with van der Waals surface area (Å²) in [6, 6.07) is 11.9. The van der Waals surface area contributed by atoms with Gasteiger partial charge in [-0.3, -0.25) is 4.79 Å². The third-order valence-corrected chi connectivity index (χ3v) is 7.43. The number of hydrogen-bond acceptors (Lipinski definition) is 3. The van der Waals surface area contributed by atoms with Crippen LogP contribution in [0.15, 0.2) is 53.4 Å². The summed E-state index contributed by atoms with van der Waals surface area (Å²) >= 11 is 0. The first-order chi connectivity index (χ1) is 13.8. The molecule has 1 heterocycles. The molecule has 1 amide bonds. The highest BCUT2D eigenvalue weighted by molar-refractivity contribution is 7.89. The van der Waals surface area contributed by atoms with Gasteiger partial charge in [-0.05, 0) is 55.7 Å². The van der Waals surface area contributed by atoms with Crippen LogP contribution < -0.4 is 0 Å². The first-order valence-corrected chi connectivity index (χ1v) is 11.4. The van der Waals surface area contributed by atoms with Crippen LogP contribution in [0.25, 0.3) is 0 Å². The van der Waals surface area contributed by atoms with Crippen molar-refractivity contribution in [3.63, 3.8) is 0 Å². The maximum atomic E-state index is 13.2. The van der Waals surface area contributed by atoms with Crippen LogP contribution in [0.2, 0.25) is 0 Å². The molecule has 0 saturated carbocycles. The summed E-state index contributed by atoms with van der Waals surface area (Å²) in [6.45, 7) is 2.88. The zero-order valence-electron chi connectivity index (χ0n) is 16.8. The first-order valence-electron chi connectivity index (χ1n) is 9.93. The molecule has 0 radical (unpaired) electrons. The summed E-state index contributed by atoms with van der Waals surface area (Å²) < 4.78 is 40.8. The van der Waals surface area contributed by atoms with Crippen molar-refractivity contribution in [2.45, 2.75) is 43.5 Å². The van der Waals surface area contributed by atoms with Gasteiger partial charge >= 0.3 is 0 Å². The van der Waals surface area contributed by atoms with Gasteiger partial charge in [0, 0.05) is 25.7 Å². The van der Waals surface area contributed by atoms with Crippen LogP contribution >= 0.6 is 0 Å². The molecule has 1 aliphatic rings. The Hall–Kier alpha value is -2.25. The second-order valence-corrected chi connectivity index (χ2v) is 9.43. The lowest BCUT2D eigenvalue weighted by atomic mass is 10.1. The fourth-order valence-electron chi connectivity index (χ4n) is 3.57. The lowest BCUT2D eigenvalue weighted by molar-refractivity contribution is 0.0742. The van der Waals surface area contributed by atoms with Crippen LogP contribution in [0.1, 0.15) is 54.6 Å². The number of carbonyl (C=O) groups is 1. The minimum atomic E-state index is -3.62. The Kier molecular flexibility index (Phi) is 6.70. The molecule has 1 aliphatic heterocycles. The van der Waals surface area contributed by atoms with E-state index >= 15 is 0 Å². The second kappa shape index (κ2) is 9.05. The van der Waals surface area contributed by atoms with Crippen LogP contribution in [0.5, 0.6) is 0 Å². The lowest BCUT2D eigenvalue weighted by Gasteiger charge is -2.26. The van der Waals surface area contributed by atoms with Gasteiger partial charge in [0.1, 0.15) is 5.82 Å². The third-order valence-electron chi connectivity index (χ3n) is 5.54. The Morgan fingerprint density at radius 2 is 1.66 bits per heavy atom. The monoisotopic (exact) mass is 418 g/mol. The van der Waals surface area contributed by atoms with E-state index in [-0.39, 0.29) is 22.7 Å². The predicted molar refractivity (Wildman–Crippen MR) is 111 cm³/mol. The van der Waals surface area contributed by atoms with E-state index in [1.165, 1.54) is 27.4 Å². The Morgan fingerprint density at radius 3 is 2.28 bits per heavy atom. The summed E-state index contributed by atoms with van der Waals surface area (Å²) in [6.07, 6.45) is 3.79. The number of hydrogen-bond donors (Lipinski definition) is 0. The minimum absolute atomic E-state index is 0.146. The summed E-state index contributed by atoms with van der Waals surface area (Å²) in [4.78, 5) is 14.7. The van der Waals surface area contributed by atoms with Gasteiger partial charge in [0.15, 0.2) is 0 Å². The Labute approximate surface area is 172 Å². The summed E-state index contributed by atoms with van der Waals surface area (Å²) in [5.41, 5.74) is 1.12. The molecule has 2 aromatic carbocycles. The Balaban J connectivity index is 1.82. The molecular weight excluding hydrogens is 391 g/mol. The molecule has 0 spiro atoms. The molecule has 0 bridgehead atoms. The highest BCUT2D eigenvalue weighted by Gasteiger charge is 2.27.